The average molecular weight is 489 g/mol. The Bertz CT molecular complexity index is 1130. The Morgan fingerprint density at radius 3 is 2.23 bits per heavy atom. The molecule has 0 amide bonds. The second-order valence-electron chi connectivity index (χ2n) is 7.96. The maximum absolute atomic E-state index is 11.7. The lowest BCUT2D eigenvalue weighted by Gasteiger charge is -2.26. The van der Waals surface area contributed by atoms with Gasteiger partial charge in [0.2, 0.25) is 5.82 Å². The number of aromatic nitrogens is 4. The van der Waals surface area contributed by atoms with Crippen LogP contribution in [0, 0.1) is 20.2 Å². The number of carbonyl (C=O) groups is 2. The van der Waals surface area contributed by atoms with E-state index in [4.69, 9.17) is 4.74 Å². The Morgan fingerprint density at radius 2 is 1.80 bits per heavy atom. The van der Waals surface area contributed by atoms with Gasteiger partial charge in [0.15, 0.2) is 5.03 Å². The quantitative estimate of drug-likeness (QED) is 0.180. The number of rotatable bonds is 8. The number of carboxylic acids is 1. The van der Waals surface area contributed by atoms with Gasteiger partial charge in [0.05, 0.1) is 17.7 Å². The van der Waals surface area contributed by atoms with E-state index < -0.39 is 39.6 Å². The smallest absolute Gasteiger partial charge is 0.449 e. The summed E-state index contributed by atoms with van der Waals surface area (Å²) in [6.45, 7) is 5.44. The van der Waals surface area contributed by atoms with Gasteiger partial charge in [-0.15, -0.1) is 0 Å². The lowest BCUT2D eigenvalue weighted by Crippen LogP contribution is -2.64. The van der Waals surface area contributed by atoms with Crippen LogP contribution in [0.1, 0.15) is 37.1 Å². The molecule has 0 saturated carbocycles. The van der Waals surface area contributed by atoms with E-state index in [1.165, 1.54) is 43.0 Å². The normalized spacial score (nSPS) is 12.4. The summed E-state index contributed by atoms with van der Waals surface area (Å²) in [5.41, 5.74) is -3.65. The number of anilines is 1. The summed E-state index contributed by atoms with van der Waals surface area (Å²) in [5.74, 6) is -2.14. The highest BCUT2D eigenvalue weighted by Crippen LogP contribution is 2.28. The van der Waals surface area contributed by atoms with E-state index in [1.807, 2.05) is 20.8 Å². The maximum Gasteiger partial charge on any atom is 0.449 e. The number of nitrogens with one attached hydrogen (secondary N) is 2. The zero-order chi connectivity index (χ0) is 26.2. The molecule has 1 aromatic carbocycles. The van der Waals surface area contributed by atoms with E-state index in [0.29, 0.717) is 0 Å². The largest absolute Gasteiger partial charge is 0.474 e. The van der Waals surface area contributed by atoms with E-state index in [1.54, 1.807) is 12.3 Å². The fourth-order valence-electron chi connectivity index (χ4n) is 2.82. The van der Waals surface area contributed by atoms with Crippen molar-refractivity contribution in [1.29, 1.82) is 0 Å². The number of aromatic amines is 2. The van der Waals surface area contributed by atoms with Crippen LogP contribution in [0.3, 0.4) is 0 Å². The summed E-state index contributed by atoms with van der Waals surface area (Å²) in [6.07, 6.45) is 4.69. The number of carbonyl (C=O) groups excluding carboxylic acids is 1. The van der Waals surface area contributed by atoms with Crippen molar-refractivity contribution in [2.45, 2.75) is 38.5 Å². The Hall–Kier alpha value is -4.82. The number of ether oxygens (including phenoxy) is 1. The Labute approximate surface area is 198 Å². The van der Waals surface area contributed by atoms with Gasteiger partial charge in [0.25, 0.3) is 0 Å². The van der Waals surface area contributed by atoms with Crippen molar-refractivity contribution in [3.05, 3.63) is 87.0 Å². The van der Waals surface area contributed by atoms with Crippen LogP contribution in [-0.2, 0) is 16.0 Å². The molecule has 0 aliphatic heterocycles. The number of esters is 1. The number of para-hydroxylation sites is 1. The molecule has 0 bridgehead atoms. The summed E-state index contributed by atoms with van der Waals surface area (Å²) in [4.78, 5) is 57.3. The molecule has 2 aromatic heterocycles. The number of nitrogens with zero attached hydrogens (tertiary/aromatic N) is 5. The summed E-state index contributed by atoms with van der Waals surface area (Å²) in [6, 6.07) is 6.81. The topological polar surface area (TPSA) is 210 Å². The second kappa shape index (κ2) is 10.9. The molecule has 3 N–H and O–H groups in total. The van der Waals surface area contributed by atoms with E-state index in [2.05, 4.69) is 19.9 Å². The number of H-pyrrole nitrogens is 2. The van der Waals surface area contributed by atoms with Crippen LogP contribution in [-0.4, -0.2) is 58.2 Å². The first kappa shape index (κ1) is 26.4. The SMILES string of the molecule is CC(C)(C)OC(=O)c1ncc[nH]1.O=C(O)[C@](Cc1cnc[nH]1)(N(c1ccccc1)[N+](=O)[O-])[N+](=O)[O-]. The zero-order valence-corrected chi connectivity index (χ0v) is 18.9. The highest BCUT2D eigenvalue weighted by molar-refractivity contribution is 5.85. The number of hydrazine groups is 1. The van der Waals surface area contributed by atoms with Crippen LogP contribution >= 0.6 is 0 Å². The summed E-state index contributed by atoms with van der Waals surface area (Å²) in [7, 11) is 0. The van der Waals surface area contributed by atoms with Crippen molar-refractivity contribution in [2.75, 3.05) is 5.01 Å². The van der Waals surface area contributed by atoms with Crippen molar-refractivity contribution in [2.24, 2.45) is 0 Å². The van der Waals surface area contributed by atoms with Crippen LogP contribution in [0.15, 0.2) is 55.2 Å². The predicted octanol–water partition coefficient (Wildman–Crippen LogP) is 2.07. The van der Waals surface area contributed by atoms with Gasteiger partial charge in [-0.2, -0.15) is 0 Å². The monoisotopic (exact) mass is 489 g/mol. The van der Waals surface area contributed by atoms with Crippen molar-refractivity contribution in [1.82, 2.24) is 19.9 Å². The van der Waals surface area contributed by atoms with Gasteiger partial charge >= 0.3 is 17.6 Å². The zero-order valence-electron chi connectivity index (χ0n) is 18.9. The van der Waals surface area contributed by atoms with Gasteiger partial charge in [-0.3, -0.25) is 10.1 Å². The number of benzene rings is 1. The predicted molar refractivity (Wildman–Crippen MR) is 119 cm³/mol. The van der Waals surface area contributed by atoms with E-state index in [9.17, 15) is 34.9 Å². The van der Waals surface area contributed by atoms with Crippen LogP contribution in [0.2, 0.25) is 0 Å². The lowest BCUT2D eigenvalue weighted by molar-refractivity contribution is -0.624. The Balaban J connectivity index is 0.000000303. The molecular weight excluding hydrogens is 466 g/mol. The van der Waals surface area contributed by atoms with Gasteiger partial charge < -0.3 is 19.8 Å². The number of hydrogen-bond donors (Lipinski definition) is 3. The summed E-state index contributed by atoms with van der Waals surface area (Å²) < 4.78 is 5.05. The minimum Gasteiger partial charge on any atom is -0.474 e. The lowest BCUT2D eigenvalue weighted by atomic mass is 10.0. The number of nitro groups is 2. The number of imidazole rings is 2. The molecule has 15 nitrogen and oxygen atoms in total. The van der Waals surface area contributed by atoms with Crippen molar-refractivity contribution >= 4 is 17.6 Å². The molecule has 0 aliphatic carbocycles. The molecule has 186 valence electrons. The third-order valence-electron chi connectivity index (χ3n) is 4.24. The van der Waals surface area contributed by atoms with Crippen molar-refractivity contribution in [3.63, 3.8) is 0 Å². The Morgan fingerprint density at radius 1 is 1.14 bits per heavy atom. The van der Waals surface area contributed by atoms with Gasteiger partial charge in [-0.1, -0.05) is 18.2 Å². The molecule has 3 rings (SSSR count). The molecule has 0 spiro atoms. The van der Waals surface area contributed by atoms with Gasteiger partial charge in [-0.05, 0) is 37.9 Å². The first-order valence-corrected chi connectivity index (χ1v) is 9.96. The van der Waals surface area contributed by atoms with E-state index in [0.717, 1.165) is 0 Å². The van der Waals surface area contributed by atoms with E-state index in [-0.39, 0.29) is 22.2 Å². The minimum absolute atomic E-state index is 0.0379. The number of aliphatic carboxylic acids is 1. The van der Waals surface area contributed by atoms with Crippen LogP contribution in [0.25, 0.3) is 0 Å². The molecule has 0 unspecified atom stereocenters. The molecule has 2 heterocycles. The van der Waals surface area contributed by atoms with Crippen LogP contribution in [0.4, 0.5) is 5.69 Å². The third-order valence-corrected chi connectivity index (χ3v) is 4.24. The second-order valence-corrected chi connectivity index (χ2v) is 7.96. The first-order chi connectivity index (χ1) is 16.4. The summed E-state index contributed by atoms with van der Waals surface area (Å²) >= 11 is 0. The van der Waals surface area contributed by atoms with Crippen molar-refractivity contribution < 1.29 is 29.4 Å². The fourth-order valence-corrected chi connectivity index (χ4v) is 2.82. The van der Waals surface area contributed by atoms with Crippen LogP contribution < -0.4 is 5.01 Å². The van der Waals surface area contributed by atoms with Crippen LogP contribution in [0.5, 0.6) is 0 Å². The molecule has 1 atom stereocenters. The number of hydrogen-bond acceptors (Lipinski definition) is 9. The molecule has 0 aliphatic rings. The van der Waals surface area contributed by atoms with E-state index >= 15 is 0 Å². The fraction of sp³-hybridized carbons (Fsp3) is 0.300. The average Bonchev–Trinajstić information content (AvgIpc) is 3.47. The first-order valence-electron chi connectivity index (χ1n) is 9.96. The molecule has 35 heavy (non-hydrogen) atoms. The third kappa shape index (κ3) is 6.59. The molecule has 15 heteroatoms. The Kier molecular flexibility index (Phi) is 8.21. The molecule has 3 aromatic rings. The minimum atomic E-state index is -3.03. The van der Waals surface area contributed by atoms with Gasteiger partial charge in [0, 0.05) is 24.3 Å². The summed E-state index contributed by atoms with van der Waals surface area (Å²) in [5, 5.41) is 31.4. The highest BCUT2D eigenvalue weighted by Gasteiger charge is 2.64. The maximum atomic E-state index is 11.7. The molecule has 0 saturated heterocycles. The van der Waals surface area contributed by atoms with Crippen molar-refractivity contribution in [3.8, 4) is 0 Å². The molecule has 0 fully saturated rings. The standard InChI is InChI=1S/C12H11N5O6.C8H12N2O2/c18-11(19)12(16(20)21,6-9-7-13-8-14-9)15(17(22)23)10-4-2-1-3-5-10;1-8(2,3)12-7(11)6-9-4-5-10-6/h1-5,7-8H,6H2,(H,13,14)(H,18,19);4-5H,1-3H3,(H,9,10)/t12-;/m1./s1. The molecular formula is C20H23N7O8. The van der Waals surface area contributed by atoms with Gasteiger partial charge in [-0.25, -0.2) is 29.7 Å². The van der Waals surface area contributed by atoms with Gasteiger partial charge in [0.1, 0.15) is 11.3 Å². The highest BCUT2D eigenvalue weighted by atomic mass is 16.7. The molecule has 0 radical (unpaired) electrons. The number of carboxylic acid groups (broad SMARTS) is 1.